The van der Waals surface area contributed by atoms with Crippen LogP contribution >= 0.6 is 11.6 Å². The molecule has 112 valence electrons. The number of halogens is 1. The molecule has 0 aliphatic rings. The molecule has 22 heavy (non-hydrogen) atoms. The molecule has 0 spiro atoms. The maximum absolute atomic E-state index is 11.6. The topological polar surface area (TPSA) is 68.0 Å². The lowest BCUT2D eigenvalue weighted by atomic mass is 10.0. The highest BCUT2D eigenvalue weighted by molar-refractivity contribution is 6.32. The molecule has 3 rings (SSSR count). The summed E-state index contributed by atoms with van der Waals surface area (Å²) in [6.45, 7) is 4.49. The summed E-state index contributed by atoms with van der Waals surface area (Å²) in [5.74, 6) is -0.988. The number of rotatable bonds is 3. The van der Waals surface area contributed by atoms with Crippen LogP contribution in [0, 0.1) is 6.92 Å². The lowest BCUT2D eigenvalue weighted by Crippen LogP contribution is -2.04. The third-order valence-electron chi connectivity index (χ3n) is 3.68. The maximum Gasteiger partial charge on any atom is 0.336 e. The fourth-order valence-electron chi connectivity index (χ4n) is 2.51. The summed E-state index contributed by atoms with van der Waals surface area (Å²) in [7, 11) is 0. The molecule has 0 radical (unpaired) electrons. The smallest absolute Gasteiger partial charge is 0.336 e. The summed E-state index contributed by atoms with van der Waals surface area (Å²) in [4.78, 5) is 16.2. The van der Waals surface area contributed by atoms with Crippen LogP contribution in [0.5, 0.6) is 0 Å². The van der Waals surface area contributed by atoms with Crippen LogP contribution in [-0.2, 0) is 6.54 Å². The summed E-state index contributed by atoms with van der Waals surface area (Å²) in [6.07, 6.45) is 1.68. The van der Waals surface area contributed by atoms with Crippen molar-refractivity contribution in [2.75, 3.05) is 0 Å². The molecule has 2 heterocycles. The second-order valence-electron chi connectivity index (χ2n) is 4.96. The van der Waals surface area contributed by atoms with Gasteiger partial charge in [0.1, 0.15) is 0 Å². The Hall–Kier alpha value is -2.40. The van der Waals surface area contributed by atoms with Crippen molar-refractivity contribution in [3.05, 3.63) is 46.6 Å². The van der Waals surface area contributed by atoms with Crippen molar-refractivity contribution in [3.8, 4) is 11.4 Å². The van der Waals surface area contributed by atoms with Gasteiger partial charge in [0, 0.05) is 23.2 Å². The first kappa shape index (κ1) is 14.5. The molecule has 3 aromatic rings. The molecule has 0 unspecified atom stereocenters. The van der Waals surface area contributed by atoms with E-state index >= 15 is 0 Å². The van der Waals surface area contributed by atoms with Gasteiger partial charge in [-0.1, -0.05) is 17.7 Å². The molecular weight excluding hydrogens is 302 g/mol. The number of carboxylic acids is 1. The van der Waals surface area contributed by atoms with Crippen LogP contribution in [-0.4, -0.2) is 25.8 Å². The van der Waals surface area contributed by atoms with Crippen molar-refractivity contribution < 1.29 is 9.90 Å². The van der Waals surface area contributed by atoms with Crippen LogP contribution in [0.2, 0.25) is 5.02 Å². The van der Waals surface area contributed by atoms with Crippen LogP contribution in [0.1, 0.15) is 22.8 Å². The van der Waals surface area contributed by atoms with E-state index in [0.717, 1.165) is 11.3 Å². The van der Waals surface area contributed by atoms with E-state index in [1.54, 1.807) is 29.1 Å². The number of hydrogen-bond donors (Lipinski definition) is 1. The van der Waals surface area contributed by atoms with Crippen LogP contribution in [0.4, 0.5) is 0 Å². The van der Waals surface area contributed by atoms with Gasteiger partial charge in [-0.15, -0.1) is 0 Å². The van der Waals surface area contributed by atoms with Gasteiger partial charge in [0.25, 0.3) is 0 Å². The number of aromatic nitrogens is 3. The highest BCUT2D eigenvalue weighted by atomic mass is 35.5. The third kappa shape index (κ3) is 2.23. The first-order valence-corrected chi connectivity index (χ1v) is 7.26. The normalized spacial score (nSPS) is 11.0. The molecule has 0 aliphatic carbocycles. The average molecular weight is 316 g/mol. The zero-order chi connectivity index (χ0) is 15.9. The van der Waals surface area contributed by atoms with Gasteiger partial charge in [0.05, 0.1) is 22.5 Å². The molecule has 1 N–H and O–H groups in total. The zero-order valence-electron chi connectivity index (χ0n) is 12.2. The summed E-state index contributed by atoms with van der Waals surface area (Å²) in [5, 5.41) is 14.9. The molecule has 1 aromatic carbocycles. The molecule has 0 atom stereocenters. The van der Waals surface area contributed by atoms with Gasteiger partial charge in [-0.05, 0) is 37.6 Å². The second-order valence-corrected chi connectivity index (χ2v) is 5.37. The van der Waals surface area contributed by atoms with Crippen LogP contribution in [0.15, 0.2) is 30.5 Å². The van der Waals surface area contributed by atoms with Crippen LogP contribution in [0.25, 0.3) is 22.3 Å². The van der Waals surface area contributed by atoms with E-state index in [9.17, 15) is 9.90 Å². The molecule has 0 bridgehead atoms. The molecule has 0 saturated carbocycles. The maximum atomic E-state index is 11.6. The molecule has 6 heteroatoms. The van der Waals surface area contributed by atoms with Crippen molar-refractivity contribution in [2.24, 2.45) is 0 Å². The van der Waals surface area contributed by atoms with Gasteiger partial charge >= 0.3 is 5.97 Å². The third-order valence-corrected chi connectivity index (χ3v) is 4.09. The fraction of sp³-hybridized carbons (Fsp3) is 0.188. The SMILES string of the molecule is CCn1nccc1-c1cc(C(=O)O)c2ccc(Cl)c(C)c2n1. The molecule has 5 nitrogen and oxygen atoms in total. The number of fused-ring (bicyclic) bond motifs is 1. The van der Waals surface area contributed by atoms with Crippen LogP contribution < -0.4 is 0 Å². The van der Waals surface area contributed by atoms with E-state index in [2.05, 4.69) is 10.1 Å². The lowest BCUT2D eigenvalue weighted by molar-refractivity contribution is 0.0699. The van der Waals surface area contributed by atoms with Gasteiger partial charge < -0.3 is 5.11 Å². The Morgan fingerprint density at radius 2 is 2.14 bits per heavy atom. The standard InChI is InChI=1S/C16H14ClN3O2/c1-3-20-14(6-7-18-20)13-8-11(16(21)22)10-4-5-12(17)9(2)15(10)19-13/h4-8H,3H2,1-2H3,(H,21,22). The van der Waals surface area contributed by atoms with Crippen molar-refractivity contribution in [3.63, 3.8) is 0 Å². The van der Waals surface area contributed by atoms with Gasteiger partial charge in [0.15, 0.2) is 0 Å². The van der Waals surface area contributed by atoms with Gasteiger partial charge in [-0.25, -0.2) is 9.78 Å². The lowest BCUT2D eigenvalue weighted by Gasteiger charge is -2.11. The Labute approximate surface area is 132 Å². The number of nitrogens with zero attached hydrogens (tertiary/aromatic N) is 3. The van der Waals surface area contributed by atoms with Crippen molar-refractivity contribution in [1.29, 1.82) is 0 Å². The minimum atomic E-state index is -0.988. The molecular formula is C16H14ClN3O2. The summed E-state index contributed by atoms with van der Waals surface area (Å²) >= 11 is 6.15. The Balaban J connectivity index is 2.38. The summed E-state index contributed by atoms with van der Waals surface area (Å²) < 4.78 is 1.78. The number of hydrogen-bond acceptors (Lipinski definition) is 3. The highest BCUT2D eigenvalue weighted by Gasteiger charge is 2.17. The summed E-state index contributed by atoms with van der Waals surface area (Å²) in [5.41, 5.74) is 2.95. The Kier molecular flexibility index (Phi) is 3.58. The van der Waals surface area contributed by atoms with E-state index in [0.29, 0.717) is 28.2 Å². The monoisotopic (exact) mass is 315 g/mol. The predicted octanol–water partition coefficient (Wildman–Crippen LogP) is 3.78. The van der Waals surface area contributed by atoms with E-state index in [4.69, 9.17) is 11.6 Å². The molecule has 0 fully saturated rings. The number of aromatic carboxylic acids is 1. The largest absolute Gasteiger partial charge is 0.478 e. The van der Waals surface area contributed by atoms with Gasteiger partial charge in [0.2, 0.25) is 0 Å². The van der Waals surface area contributed by atoms with Crippen molar-refractivity contribution in [1.82, 2.24) is 14.8 Å². The molecule has 2 aromatic heterocycles. The van der Waals surface area contributed by atoms with E-state index in [1.165, 1.54) is 0 Å². The zero-order valence-corrected chi connectivity index (χ0v) is 12.9. The number of pyridine rings is 1. The predicted molar refractivity (Wildman–Crippen MR) is 85.3 cm³/mol. The van der Waals surface area contributed by atoms with Gasteiger partial charge in [-0.2, -0.15) is 5.10 Å². The Morgan fingerprint density at radius 1 is 1.36 bits per heavy atom. The Morgan fingerprint density at radius 3 is 2.82 bits per heavy atom. The number of benzene rings is 1. The first-order chi connectivity index (χ1) is 10.5. The molecule has 0 amide bonds. The number of aryl methyl sites for hydroxylation is 2. The average Bonchev–Trinajstić information content (AvgIpc) is 2.98. The molecule has 0 aliphatic heterocycles. The van der Waals surface area contributed by atoms with Crippen molar-refractivity contribution in [2.45, 2.75) is 20.4 Å². The minimum Gasteiger partial charge on any atom is -0.478 e. The number of carbonyl (C=O) groups is 1. The first-order valence-electron chi connectivity index (χ1n) is 6.88. The number of carboxylic acid groups (broad SMARTS) is 1. The van der Waals surface area contributed by atoms with E-state index in [-0.39, 0.29) is 5.56 Å². The van der Waals surface area contributed by atoms with E-state index in [1.807, 2.05) is 19.9 Å². The highest BCUT2D eigenvalue weighted by Crippen LogP contribution is 2.30. The second kappa shape index (κ2) is 5.42. The van der Waals surface area contributed by atoms with Gasteiger partial charge in [-0.3, -0.25) is 4.68 Å². The quantitative estimate of drug-likeness (QED) is 0.798. The Bertz CT molecular complexity index is 886. The summed E-state index contributed by atoms with van der Waals surface area (Å²) in [6, 6.07) is 6.80. The fourth-order valence-corrected chi connectivity index (χ4v) is 2.67. The van der Waals surface area contributed by atoms with E-state index < -0.39 is 5.97 Å². The van der Waals surface area contributed by atoms with Crippen LogP contribution in [0.3, 0.4) is 0 Å². The molecule has 0 saturated heterocycles. The minimum absolute atomic E-state index is 0.212. The van der Waals surface area contributed by atoms with Crippen molar-refractivity contribution >= 4 is 28.5 Å².